The van der Waals surface area contributed by atoms with Crippen LogP contribution in [0.15, 0.2) is 24.3 Å². The maximum atomic E-state index is 13.1. The smallest absolute Gasteiger partial charge is 0.134 e. The Morgan fingerprint density at radius 2 is 2.05 bits per heavy atom. The number of hydrogen-bond donors (Lipinski definition) is 1. The Kier molecular flexibility index (Phi) is 3.11. The van der Waals surface area contributed by atoms with Crippen LogP contribution in [0, 0.1) is 5.82 Å². The highest BCUT2D eigenvalue weighted by atomic mass is 35.5. The molecule has 1 aliphatic carbocycles. The number of rotatable bonds is 3. The molecule has 0 aliphatic heterocycles. The molecule has 1 heterocycles. The summed E-state index contributed by atoms with van der Waals surface area (Å²) >= 11 is 6.09. The fraction of sp³-hybridized carbons (Fsp3) is 0.286. The van der Waals surface area contributed by atoms with Crippen molar-refractivity contribution < 1.29 is 4.39 Å². The zero-order valence-corrected chi connectivity index (χ0v) is 11.2. The molecule has 19 heavy (non-hydrogen) atoms. The third-order valence-electron chi connectivity index (χ3n) is 3.15. The molecule has 0 bridgehead atoms. The van der Waals surface area contributed by atoms with E-state index in [1.165, 1.54) is 12.1 Å². The van der Waals surface area contributed by atoms with E-state index < -0.39 is 0 Å². The second-order valence-electron chi connectivity index (χ2n) is 4.65. The van der Waals surface area contributed by atoms with Crippen molar-refractivity contribution in [3.63, 3.8) is 0 Å². The van der Waals surface area contributed by atoms with Gasteiger partial charge in [-0.2, -0.15) is 0 Å². The van der Waals surface area contributed by atoms with Crippen LogP contribution >= 0.6 is 11.6 Å². The van der Waals surface area contributed by atoms with Crippen molar-refractivity contribution >= 4 is 17.4 Å². The molecule has 1 aromatic heterocycles. The summed E-state index contributed by atoms with van der Waals surface area (Å²) in [5.74, 6) is 1.69. The molecule has 0 spiro atoms. The van der Waals surface area contributed by atoms with E-state index in [0.29, 0.717) is 10.9 Å². The molecule has 0 amide bonds. The molecular weight excluding hydrogens is 265 g/mol. The van der Waals surface area contributed by atoms with Crippen molar-refractivity contribution in [2.24, 2.45) is 0 Å². The average Bonchev–Trinajstić information content (AvgIpc) is 3.22. The van der Waals surface area contributed by atoms with E-state index in [1.807, 2.05) is 13.1 Å². The Hall–Kier alpha value is -1.68. The molecule has 1 N–H and O–H groups in total. The first-order chi connectivity index (χ1) is 9.17. The van der Waals surface area contributed by atoms with E-state index in [0.717, 1.165) is 35.7 Å². The molecule has 5 heteroatoms. The normalized spacial score (nSPS) is 14.5. The van der Waals surface area contributed by atoms with Crippen LogP contribution in [0.2, 0.25) is 5.02 Å². The van der Waals surface area contributed by atoms with Crippen LogP contribution < -0.4 is 5.32 Å². The minimum Gasteiger partial charge on any atom is -0.373 e. The lowest BCUT2D eigenvalue weighted by Crippen LogP contribution is -2.01. The van der Waals surface area contributed by atoms with Crippen molar-refractivity contribution in [3.05, 3.63) is 40.9 Å². The number of aromatic nitrogens is 2. The molecule has 0 atom stereocenters. The van der Waals surface area contributed by atoms with Crippen LogP contribution in [-0.4, -0.2) is 17.0 Å². The quantitative estimate of drug-likeness (QED) is 0.926. The molecule has 3 nitrogen and oxygen atoms in total. The zero-order valence-electron chi connectivity index (χ0n) is 10.5. The van der Waals surface area contributed by atoms with Gasteiger partial charge in [-0.3, -0.25) is 0 Å². The number of nitrogens with one attached hydrogen (secondary N) is 1. The predicted octanol–water partition coefficient (Wildman–Crippen LogP) is 3.86. The third-order valence-corrected chi connectivity index (χ3v) is 3.46. The predicted molar refractivity (Wildman–Crippen MR) is 74.0 cm³/mol. The summed E-state index contributed by atoms with van der Waals surface area (Å²) in [4.78, 5) is 8.99. The molecule has 98 valence electrons. The Morgan fingerprint density at radius 3 is 2.68 bits per heavy atom. The van der Waals surface area contributed by atoms with Gasteiger partial charge in [-0.1, -0.05) is 11.6 Å². The fourth-order valence-corrected chi connectivity index (χ4v) is 2.22. The van der Waals surface area contributed by atoms with Gasteiger partial charge in [-0.25, -0.2) is 14.4 Å². The third kappa shape index (κ3) is 2.54. The molecule has 2 aromatic rings. The minimum atomic E-state index is -0.348. The Morgan fingerprint density at radius 1 is 1.26 bits per heavy atom. The first-order valence-electron chi connectivity index (χ1n) is 6.19. The molecular formula is C14H13ClFN3. The van der Waals surface area contributed by atoms with E-state index in [2.05, 4.69) is 15.3 Å². The molecule has 0 unspecified atom stereocenters. The molecule has 1 fully saturated rings. The lowest BCUT2D eigenvalue weighted by molar-refractivity contribution is 0.628. The highest BCUT2D eigenvalue weighted by molar-refractivity contribution is 6.33. The van der Waals surface area contributed by atoms with Crippen molar-refractivity contribution in [1.29, 1.82) is 0 Å². The Labute approximate surface area is 115 Å². The second kappa shape index (κ2) is 4.78. The van der Waals surface area contributed by atoms with Gasteiger partial charge in [-0.15, -0.1) is 0 Å². The first kappa shape index (κ1) is 12.4. The standard InChI is InChI=1S/C14H13ClFN3/c1-17-13-7-12(18-14(19-13)8-2-3-8)10-5-4-9(16)6-11(10)15/h4-8H,2-3H2,1H3,(H,17,18,19). The van der Waals surface area contributed by atoms with E-state index in [9.17, 15) is 4.39 Å². The minimum absolute atomic E-state index is 0.348. The van der Waals surface area contributed by atoms with Crippen molar-refractivity contribution in [2.75, 3.05) is 12.4 Å². The van der Waals surface area contributed by atoms with Gasteiger partial charge < -0.3 is 5.32 Å². The number of nitrogens with zero attached hydrogens (tertiary/aromatic N) is 2. The van der Waals surface area contributed by atoms with Crippen LogP contribution in [-0.2, 0) is 0 Å². The Bertz CT molecular complexity index is 626. The van der Waals surface area contributed by atoms with Gasteiger partial charge in [0, 0.05) is 24.6 Å². The van der Waals surface area contributed by atoms with Gasteiger partial charge in [0.2, 0.25) is 0 Å². The highest BCUT2D eigenvalue weighted by Crippen LogP contribution is 2.39. The summed E-state index contributed by atoms with van der Waals surface area (Å²) in [7, 11) is 1.81. The summed E-state index contributed by atoms with van der Waals surface area (Å²) in [5, 5.41) is 3.39. The molecule has 1 saturated carbocycles. The summed E-state index contributed by atoms with van der Waals surface area (Å²) in [6.45, 7) is 0. The van der Waals surface area contributed by atoms with Crippen LogP contribution in [0.25, 0.3) is 11.3 Å². The Balaban J connectivity index is 2.10. The largest absolute Gasteiger partial charge is 0.373 e. The van der Waals surface area contributed by atoms with Gasteiger partial charge in [0.05, 0.1) is 10.7 Å². The van der Waals surface area contributed by atoms with Gasteiger partial charge >= 0.3 is 0 Å². The monoisotopic (exact) mass is 277 g/mol. The maximum absolute atomic E-state index is 13.1. The van der Waals surface area contributed by atoms with Gasteiger partial charge in [-0.05, 0) is 31.0 Å². The van der Waals surface area contributed by atoms with E-state index in [4.69, 9.17) is 11.6 Å². The summed E-state index contributed by atoms with van der Waals surface area (Å²) in [5.41, 5.74) is 1.45. The summed E-state index contributed by atoms with van der Waals surface area (Å²) in [6, 6.07) is 6.16. The van der Waals surface area contributed by atoms with E-state index in [-0.39, 0.29) is 5.82 Å². The number of hydrogen-bond acceptors (Lipinski definition) is 3. The number of halogens is 2. The molecule has 1 aromatic carbocycles. The first-order valence-corrected chi connectivity index (χ1v) is 6.57. The van der Waals surface area contributed by atoms with Crippen LogP contribution in [0.5, 0.6) is 0 Å². The molecule has 0 saturated heterocycles. The van der Waals surface area contributed by atoms with Crippen LogP contribution in [0.3, 0.4) is 0 Å². The van der Waals surface area contributed by atoms with Crippen molar-refractivity contribution in [3.8, 4) is 11.3 Å². The summed E-state index contributed by atoms with van der Waals surface area (Å²) < 4.78 is 13.1. The lowest BCUT2D eigenvalue weighted by atomic mass is 10.1. The summed E-state index contributed by atoms with van der Waals surface area (Å²) in [6.07, 6.45) is 2.26. The molecule has 0 radical (unpaired) electrons. The molecule has 1 aliphatic rings. The van der Waals surface area contributed by atoms with Crippen LogP contribution in [0.1, 0.15) is 24.6 Å². The van der Waals surface area contributed by atoms with Gasteiger partial charge in [0.15, 0.2) is 0 Å². The maximum Gasteiger partial charge on any atom is 0.134 e. The van der Waals surface area contributed by atoms with E-state index in [1.54, 1.807) is 6.07 Å². The SMILES string of the molecule is CNc1cc(-c2ccc(F)cc2Cl)nc(C2CC2)n1. The van der Waals surface area contributed by atoms with Gasteiger partial charge in [0.1, 0.15) is 17.5 Å². The second-order valence-corrected chi connectivity index (χ2v) is 5.05. The zero-order chi connectivity index (χ0) is 13.4. The van der Waals surface area contributed by atoms with Gasteiger partial charge in [0.25, 0.3) is 0 Å². The average molecular weight is 278 g/mol. The highest BCUT2D eigenvalue weighted by Gasteiger charge is 2.27. The lowest BCUT2D eigenvalue weighted by Gasteiger charge is -2.08. The van der Waals surface area contributed by atoms with Crippen molar-refractivity contribution in [1.82, 2.24) is 9.97 Å². The molecule has 3 rings (SSSR count). The topological polar surface area (TPSA) is 37.8 Å². The van der Waals surface area contributed by atoms with E-state index >= 15 is 0 Å². The number of anilines is 1. The van der Waals surface area contributed by atoms with Crippen molar-refractivity contribution in [2.45, 2.75) is 18.8 Å². The van der Waals surface area contributed by atoms with Crippen LogP contribution in [0.4, 0.5) is 10.2 Å². The fourth-order valence-electron chi connectivity index (χ4n) is 1.95. The number of benzene rings is 1.